The van der Waals surface area contributed by atoms with Gasteiger partial charge in [0.1, 0.15) is 5.82 Å². The third kappa shape index (κ3) is 3.97. The maximum atomic E-state index is 13.2. The monoisotopic (exact) mass is 386 g/mol. The van der Waals surface area contributed by atoms with Gasteiger partial charge in [0, 0.05) is 19.6 Å². The molecule has 2 amide bonds. The van der Waals surface area contributed by atoms with Crippen LogP contribution in [0.25, 0.3) is 0 Å². The smallest absolute Gasteiger partial charge is 0.378 e. The molecule has 1 aromatic heterocycles. The van der Waals surface area contributed by atoms with E-state index in [9.17, 15) is 18.0 Å². The molecule has 9 heteroatoms. The minimum Gasteiger partial charge on any atom is -0.378 e. The van der Waals surface area contributed by atoms with Gasteiger partial charge in [-0.2, -0.15) is 13.2 Å². The number of rotatable bonds is 2. The maximum absolute atomic E-state index is 13.2. The number of nitrogens with one attached hydrogen (secondary N) is 1. The second-order valence-electron chi connectivity index (χ2n) is 7.52. The second kappa shape index (κ2) is 7.18. The van der Waals surface area contributed by atoms with Crippen LogP contribution in [0.3, 0.4) is 0 Å². The van der Waals surface area contributed by atoms with Crippen LogP contribution >= 0.6 is 0 Å². The number of likely N-dealkylation sites (tertiary alicyclic amines) is 1. The highest BCUT2D eigenvalue weighted by Crippen LogP contribution is 2.44. The number of halogens is 3. The Bertz CT molecular complexity index is 702. The van der Waals surface area contributed by atoms with E-state index in [0.717, 1.165) is 18.9 Å². The first-order valence-corrected chi connectivity index (χ1v) is 9.06. The Labute approximate surface area is 156 Å². The minimum absolute atomic E-state index is 0.0708. The third-order valence-corrected chi connectivity index (χ3v) is 5.48. The molecule has 0 unspecified atom stereocenters. The number of carbonyl (C=O) groups is 1. The Kier molecular flexibility index (Phi) is 5.24. The van der Waals surface area contributed by atoms with Crippen molar-refractivity contribution in [2.24, 2.45) is 5.92 Å². The van der Waals surface area contributed by atoms with Crippen LogP contribution in [-0.2, 0) is 4.74 Å². The summed E-state index contributed by atoms with van der Waals surface area (Å²) in [5, 5.41) is 2.72. The maximum Gasteiger partial charge on any atom is 0.394 e. The van der Waals surface area contributed by atoms with Gasteiger partial charge in [0.15, 0.2) is 0 Å². The molecule has 2 aliphatic rings. The van der Waals surface area contributed by atoms with Crippen molar-refractivity contribution in [2.45, 2.75) is 38.9 Å². The first kappa shape index (κ1) is 19.7. The Balaban J connectivity index is 1.71. The highest BCUT2D eigenvalue weighted by atomic mass is 19.4. The Hall–Kier alpha value is -2.03. The molecule has 1 atom stereocenters. The SMILES string of the molecule is Cc1nc(N2CCOCC2)ccc1NC(=O)N1CC[C@@H](C(F)(F)F)C1(C)C. The average molecular weight is 386 g/mol. The molecule has 2 fully saturated rings. The van der Waals surface area contributed by atoms with Gasteiger partial charge < -0.3 is 19.9 Å². The van der Waals surface area contributed by atoms with E-state index in [1.807, 2.05) is 6.07 Å². The van der Waals surface area contributed by atoms with Crippen LogP contribution in [0, 0.1) is 12.8 Å². The number of morpholine rings is 1. The van der Waals surface area contributed by atoms with E-state index < -0.39 is 23.7 Å². The van der Waals surface area contributed by atoms with Crippen LogP contribution in [0.1, 0.15) is 26.0 Å². The number of amides is 2. The van der Waals surface area contributed by atoms with Crippen molar-refractivity contribution >= 4 is 17.5 Å². The lowest BCUT2D eigenvalue weighted by Gasteiger charge is -2.36. The fourth-order valence-electron chi connectivity index (χ4n) is 3.85. The van der Waals surface area contributed by atoms with Crippen molar-refractivity contribution in [3.8, 4) is 0 Å². The highest BCUT2D eigenvalue weighted by Gasteiger charge is 2.56. The lowest BCUT2D eigenvalue weighted by Crippen LogP contribution is -2.51. The Morgan fingerprint density at radius 2 is 1.93 bits per heavy atom. The Morgan fingerprint density at radius 3 is 2.48 bits per heavy atom. The van der Waals surface area contributed by atoms with Crippen molar-refractivity contribution in [2.75, 3.05) is 43.1 Å². The van der Waals surface area contributed by atoms with E-state index in [2.05, 4.69) is 15.2 Å². The summed E-state index contributed by atoms with van der Waals surface area (Å²) in [4.78, 5) is 20.5. The zero-order chi connectivity index (χ0) is 19.8. The zero-order valence-electron chi connectivity index (χ0n) is 15.8. The van der Waals surface area contributed by atoms with Gasteiger partial charge in [-0.15, -0.1) is 0 Å². The molecule has 0 spiro atoms. The molecule has 6 nitrogen and oxygen atoms in total. The van der Waals surface area contributed by atoms with E-state index in [1.165, 1.54) is 18.7 Å². The number of anilines is 2. The molecular weight excluding hydrogens is 361 g/mol. The molecule has 1 aromatic rings. The molecule has 0 bridgehead atoms. The third-order valence-electron chi connectivity index (χ3n) is 5.48. The lowest BCUT2D eigenvalue weighted by molar-refractivity contribution is -0.189. The van der Waals surface area contributed by atoms with E-state index >= 15 is 0 Å². The number of hydrogen-bond acceptors (Lipinski definition) is 4. The summed E-state index contributed by atoms with van der Waals surface area (Å²) in [5.41, 5.74) is -0.169. The molecule has 3 rings (SSSR count). The van der Waals surface area contributed by atoms with Gasteiger partial charge in [0.05, 0.1) is 36.1 Å². The van der Waals surface area contributed by atoms with Crippen LogP contribution in [0.15, 0.2) is 12.1 Å². The molecule has 0 saturated carbocycles. The summed E-state index contributed by atoms with van der Waals surface area (Å²) in [7, 11) is 0. The molecular formula is C18H25F3N4O2. The first-order chi connectivity index (χ1) is 12.6. The number of alkyl halides is 3. The van der Waals surface area contributed by atoms with Gasteiger partial charge in [-0.3, -0.25) is 0 Å². The second-order valence-corrected chi connectivity index (χ2v) is 7.52. The number of ether oxygens (including phenoxy) is 1. The van der Waals surface area contributed by atoms with Gasteiger partial charge in [-0.05, 0) is 39.3 Å². The van der Waals surface area contributed by atoms with Crippen LogP contribution in [0.2, 0.25) is 0 Å². The Morgan fingerprint density at radius 1 is 1.26 bits per heavy atom. The minimum atomic E-state index is -4.32. The fourth-order valence-corrected chi connectivity index (χ4v) is 3.85. The number of hydrogen-bond donors (Lipinski definition) is 1. The van der Waals surface area contributed by atoms with E-state index in [4.69, 9.17) is 4.74 Å². The van der Waals surface area contributed by atoms with Crippen molar-refractivity contribution in [3.63, 3.8) is 0 Å². The molecule has 0 radical (unpaired) electrons. The number of carbonyl (C=O) groups excluding carboxylic acids is 1. The van der Waals surface area contributed by atoms with Crippen molar-refractivity contribution in [1.29, 1.82) is 0 Å². The molecule has 27 heavy (non-hydrogen) atoms. The molecule has 2 aliphatic heterocycles. The van der Waals surface area contributed by atoms with Crippen LogP contribution in [0.4, 0.5) is 29.5 Å². The van der Waals surface area contributed by atoms with E-state index in [0.29, 0.717) is 24.6 Å². The number of urea groups is 1. The number of pyridine rings is 1. The number of aryl methyl sites for hydroxylation is 1. The van der Waals surface area contributed by atoms with Crippen LogP contribution in [-0.4, -0.2) is 60.5 Å². The summed E-state index contributed by atoms with van der Waals surface area (Å²) in [6, 6.07) is 3.02. The molecule has 1 N–H and O–H groups in total. The summed E-state index contributed by atoms with van der Waals surface area (Å²) < 4.78 is 45.0. The largest absolute Gasteiger partial charge is 0.394 e. The van der Waals surface area contributed by atoms with E-state index in [-0.39, 0.29) is 13.0 Å². The lowest BCUT2D eigenvalue weighted by atomic mass is 9.88. The predicted octanol–water partition coefficient (Wildman–Crippen LogP) is 3.42. The summed E-state index contributed by atoms with van der Waals surface area (Å²) in [5.74, 6) is -0.730. The topological polar surface area (TPSA) is 57.7 Å². The average Bonchev–Trinajstić information content (AvgIpc) is 2.92. The summed E-state index contributed by atoms with van der Waals surface area (Å²) in [6.07, 6.45) is -4.41. The van der Waals surface area contributed by atoms with Gasteiger partial charge >= 0.3 is 12.2 Å². The van der Waals surface area contributed by atoms with Crippen molar-refractivity contribution in [3.05, 3.63) is 17.8 Å². The molecule has 0 aliphatic carbocycles. The van der Waals surface area contributed by atoms with Gasteiger partial charge in [-0.1, -0.05) is 0 Å². The molecule has 0 aromatic carbocycles. The summed E-state index contributed by atoms with van der Waals surface area (Å²) in [6.45, 7) is 7.55. The number of nitrogens with zero attached hydrogens (tertiary/aromatic N) is 3. The van der Waals surface area contributed by atoms with Crippen molar-refractivity contribution in [1.82, 2.24) is 9.88 Å². The standard InChI is InChI=1S/C18H25F3N4O2/c1-12-13(4-5-15(22-12)24-8-10-27-11-9-24)23-16(26)25-7-6-14(17(25,2)3)18(19,20)21/h4-5,14H,6-11H2,1-3H3,(H,23,26)/t14-/m1/s1. The van der Waals surface area contributed by atoms with Gasteiger partial charge in [0.25, 0.3) is 0 Å². The zero-order valence-corrected chi connectivity index (χ0v) is 15.8. The normalized spacial score (nSPS) is 22.8. The molecule has 3 heterocycles. The van der Waals surface area contributed by atoms with E-state index in [1.54, 1.807) is 13.0 Å². The van der Waals surface area contributed by atoms with Gasteiger partial charge in [0.2, 0.25) is 0 Å². The van der Waals surface area contributed by atoms with Crippen LogP contribution < -0.4 is 10.2 Å². The molecule has 2 saturated heterocycles. The fraction of sp³-hybridized carbons (Fsp3) is 0.667. The van der Waals surface area contributed by atoms with Crippen molar-refractivity contribution < 1.29 is 22.7 Å². The quantitative estimate of drug-likeness (QED) is 0.846. The summed E-state index contributed by atoms with van der Waals surface area (Å²) >= 11 is 0. The highest BCUT2D eigenvalue weighted by molar-refractivity contribution is 5.90. The number of aromatic nitrogens is 1. The molecule has 150 valence electrons. The predicted molar refractivity (Wildman–Crippen MR) is 96.0 cm³/mol. The first-order valence-electron chi connectivity index (χ1n) is 9.06. The van der Waals surface area contributed by atoms with Crippen LogP contribution in [0.5, 0.6) is 0 Å². The van der Waals surface area contributed by atoms with Gasteiger partial charge in [-0.25, -0.2) is 9.78 Å².